The van der Waals surface area contributed by atoms with Crippen molar-refractivity contribution in [3.8, 4) is 0 Å². The number of nitrogens with zero attached hydrogens (tertiary/aromatic N) is 4. The van der Waals surface area contributed by atoms with Gasteiger partial charge in [-0.25, -0.2) is 24.4 Å². The van der Waals surface area contributed by atoms with E-state index in [1.54, 1.807) is 58.0 Å². The van der Waals surface area contributed by atoms with Crippen LogP contribution in [0.25, 0.3) is 11.0 Å². The van der Waals surface area contributed by atoms with Gasteiger partial charge in [-0.05, 0) is 45.4 Å². The van der Waals surface area contributed by atoms with Gasteiger partial charge in [-0.1, -0.05) is 42.5 Å². The van der Waals surface area contributed by atoms with E-state index in [4.69, 9.17) is 0 Å². The van der Waals surface area contributed by atoms with E-state index in [0.29, 0.717) is 11.0 Å². The first-order valence-corrected chi connectivity index (χ1v) is 19.9. The number of aliphatic carboxylic acids is 2. The molecule has 6 N–H and O–H groups in total. The highest BCUT2D eigenvalue weighted by Crippen LogP contribution is 2.52. The van der Waals surface area contributed by atoms with Gasteiger partial charge in [0.05, 0.1) is 11.0 Å². The first-order chi connectivity index (χ1) is 26.1. The summed E-state index contributed by atoms with van der Waals surface area (Å²) >= 11 is 2.49. The number of aromatic nitrogens is 2. The standard InChI is InChI=1S/C18H16N4O6S.C16H18N2O7S2/c1-18(2)12(17(27)28)22-14(24)11(15(22)29-18)21-13(23)9-10(16(25)26)20-8-6-4-3-5-7(8)19-9;1-16(2)11(15(21)22)18-13(20)9(14(18)26-16)17-12(19)10(27(23,24)25)8-6-4-3-5-7-8/h3-6,11-12,15H,1-2H3,(H,21,23)(H,25,26)(H,27,28);3-7,9-11,14H,1-2H3,(H,17,19)(H,21,22)(H,23,24,25)/t11-,12+,15-;9-,10-,11+,14-/m11/s1. The van der Waals surface area contributed by atoms with E-state index in [9.17, 15) is 61.9 Å². The Morgan fingerprint density at radius 3 is 1.57 bits per heavy atom. The fourth-order valence-electron chi connectivity index (χ4n) is 7.12. The quantitative estimate of drug-likeness (QED) is 0.129. The molecule has 4 aliphatic rings. The minimum atomic E-state index is -4.77. The lowest BCUT2D eigenvalue weighted by atomic mass is 9.96. The molecule has 4 aliphatic heterocycles. The van der Waals surface area contributed by atoms with Crippen LogP contribution in [0.15, 0.2) is 54.6 Å². The Bertz CT molecular complexity index is 2310. The smallest absolute Gasteiger partial charge is 0.357 e. The van der Waals surface area contributed by atoms with Crippen LogP contribution in [-0.2, 0) is 34.1 Å². The van der Waals surface area contributed by atoms with Gasteiger partial charge in [-0.3, -0.25) is 23.7 Å². The van der Waals surface area contributed by atoms with Crippen LogP contribution in [0.2, 0.25) is 0 Å². The first-order valence-electron chi connectivity index (χ1n) is 16.6. The lowest BCUT2D eigenvalue weighted by Gasteiger charge is -2.43. The van der Waals surface area contributed by atoms with Gasteiger partial charge < -0.3 is 35.8 Å². The second kappa shape index (κ2) is 14.3. The predicted octanol–water partition coefficient (Wildman–Crippen LogP) is 0.821. The molecule has 0 aliphatic carbocycles. The molecule has 3 aromatic rings. The molecule has 296 valence electrons. The second-order valence-corrected chi connectivity index (χ2v) is 19.2. The first kappa shape index (κ1) is 40.3. The van der Waals surface area contributed by atoms with E-state index in [0.717, 1.165) is 0 Å². The summed E-state index contributed by atoms with van der Waals surface area (Å²) < 4.78 is 31.4. The van der Waals surface area contributed by atoms with E-state index >= 15 is 0 Å². The Labute approximate surface area is 326 Å². The van der Waals surface area contributed by atoms with Crippen LogP contribution >= 0.6 is 23.5 Å². The fourth-order valence-corrected chi connectivity index (χ4v) is 11.2. The van der Waals surface area contributed by atoms with Crippen molar-refractivity contribution in [2.45, 2.75) is 77.4 Å². The van der Waals surface area contributed by atoms with Crippen molar-refractivity contribution in [1.29, 1.82) is 0 Å². The Morgan fingerprint density at radius 2 is 1.14 bits per heavy atom. The number of para-hydroxylation sites is 2. The Hall–Kier alpha value is -5.32. The number of fused-ring (bicyclic) bond motifs is 3. The summed E-state index contributed by atoms with van der Waals surface area (Å²) in [6.45, 7) is 6.81. The fraction of sp³-hybridized carbons (Fsp3) is 0.382. The van der Waals surface area contributed by atoms with Crippen molar-refractivity contribution in [3.05, 3.63) is 71.5 Å². The lowest BCUT2D eigenvalue weighted by molar-refractivity contribution is -0.161. The molecule has 1 aromatic heterocycles. The number of carbonyl (C=O) groups excluding carboxylic acids is 4. The zero-order valence-corrected chi connectivity index (χ0v) is 32.2. The molecular weight excluding hydrogens is 797 g/mol. The molecule has 0 saturated carbocycles. The molecule has 4 amide bonds. The molecule has 5 heterocycles. The number of carbonyl (C=O) groups is 7. The van der Waals surface area contributed by atoms with Gasteiger partial charge in [-0.15, -0.1) is 23.5 Å². The van der Waals surface area contributed by atoms with E-state index < -0.39 is 113 Å². The van der Waals surface area contributed by atoms with Gasteiger partial charge in [0, 0.05) is 9.49 Å². The van der Waals surface area contributed by atoms with E-state index in [2.05, 4.69) is 20.6 Å². The van der Waals surface area contributed by atoms with Gasteiger partial charge in [-0.2, -0.15) is 8.42 Å². The number of carboxylic acid groups (broad SMARTS) is 3. The summed E-state index contributed by atoms with van der Waals surface area (Å²) in [6.07, 6.45) is 0. The SMILES string of the molecule is CC1(C)S[C@@H]2[C@H](NC(=O)[C@@H](c3ccccc3)S(=O)(=O)O)C(=O)N2[C@H]1C(=O)O.CC1(C)S[C@@H]2[C@H](NC(=O)c3nc4ccccc4nc3C(=O)O)C(=O)N2[C@H]1C(=O)O. The maximum absolute atomic E-state index is 12.8. The molecule has 19 nitrogen and oxygen atoms in total. The van der Waals surface area contributed by atoms with Gasteiger partial charge in [0.15, 0.2) is 16.6 Å². The van der Waals surface area contributed by atoms with Crippen molar-refractivity contribution in [3.63, 3.8) is 0 Å². The number of benzene rings is 2. The van der Waals surface area contributed by atoms with E-state index in [1.807, 2.05) is 0 Å². The van der Waals surface area contributed by atoms with E-state index in [-0.39, 0.29) is 5.56 Å². The number of carboxylic acids is 3. The molecule has 4 saturated heterocycles. The number of hydrogen-bond acceptors (Lipinski definition) is 13. The minimum Gasteiger partial charge on any atom is -0.480 e. The highest BCUT2D eigenvalue weighted by Gasteiger charge is 2.65. The van der Waals surface area contributed by atoms with Gasteiger partial charge in [0.25, 0.3) is 16.0 Å². The normalized spacial score (nSPS) is 26.0. The summed E-state index contributed by atoms with van der Waals surface area (Å²) in [7, 11) is -4.77. The lowest BCUT2D eigenvalue weighted by Crippen LogP contribution is -2.71. The monoisotopic (exact) mass is 830 g/mol. The number of rotatable bonds is 9. The third-order valence-electron chi connectivity index (χ3n) is 9.56. The van der Waals surface area contributed by atoms with Gasteiger partial charge in [0.2, 0.25) is 17.7 Å². The number of hydrogen-bond donors (Lipinski definition) is 6. The van der Waals surface area contributed by atoms with Gasteiger partial charge >= 0.3 is 17.9 Å². The third kappa shape index (κ3) is 7.01. The van der Waals surface area contributed by atoms with Crippen molar-refractivity contribution in [2.24, 2.45) is 0 Å². The highest BCUT2D eigenvalue weighted by molar-refractivity contribution is 8.02. The Kier molecular flexibility index (Phi) is 10.3. The molecule has 22 heteroatoms. The molecule has 0 radical (unpaired) electrons. The number of thioether (sulfide) groups is 2. The molecule has 0 unspecified atom stereocenters. The van der Waals surface area contributed by atoms with Crippen molar-refractivity contribution >= 4 is 86.2 Å². The molecule has 56 heavy (non-hydrogen) atoms. The van der Waals surface area contributed by atoms with Crippen LogP contribution in [0.3, 0.4) is 0 Å². The minimum absolute atomic E-state index is 0.0592. The largest absolute Gasteiger partial charge is 0.480 e. The number of amides is 4. The molecule has 7 atom stereocenters. The Balaban J connectivity index is 0.000000190. The molecule has 0 bridgehead atoms. The number of β-lactam (4-membered cyclic amide) rings is 2. The topological polar surface area (TPSA) is 291 Å². The molecule has 7 rings (SSSR count). The maximum Gasteiger partial charge on any atom is 0.357 e. The summed E-state index contributed by atoms with van der Waals surface area (Å²) in [6, 6.07) is 9.85. The van der Waals surface area contributed by atoms with Crippen molar-refractivity contribution < 1.29 is 61.9 Å². The van der Waals surface area contributed by atoms with Crippen LogP contribution in [0.1, 0.15) is 59.5 Å². The van der Waals surface area contributed by atoms with Crippen molar-refractivity contribution in [2.75, 3.05) is 0 Å². The average Bonchev–Trinajstić information content (AvgIpc) is 3.53. The number of aromatic carboxylic acids is 1. The van der Waals surface area contributed by atoms with Crippen LogP contribution < -0.4 is 10.6 Å². The average molecular weight is 831 g/mol. The number of nitrogens with one attached hydrogen (secondary N) is 2. The van der Waals surface area contributed by atoms with Gasteiger partial charge in [0.1, 0.15) is 34.9 Å². The van der Waals surface area contributed by atoms with Crippen LogP contribution in [0.4, 0.5) is 0 Å². The molecular formula is C34H34N6O13S3. The zero-order chi connectivity index (χ0) is 41.2. The maximum atomic E-state index is 12.8. The van der Waals surface area contributed by atoms with Crippen LogP contribution in [0.5, 0.6) is 0 Å². The molecule has 0 spiro atoms. The second-order valence-electron chi connectivity index (χ2n) is 14.2. The summed E-state index contributed by atoms with van der Waals surface area (Å²) in [5.74, 6) is -6.70. The molecule has 4 fully saturated rings. The van der Waals surface area contributed by atoms with Crippen LogP contribution in [0, 0.1) is 0 Å². The third-order valence-corrected chi connectivity index (χ3v) is 13.8. The van der Waals surface area contributed by atoms with Crippen molar-refractivity contribution in [1.82, 2.24) is 30.4 Å². The summed E-state index contributed by atoms with van der Waals surface area (Å²) in [4.78, 5) is 95.4. The van der Waals surface area contributed by atoms with Crippen LogP contribution in [-0.4, -0.2) is 134 Å². The summed E-state index contributed by atoms with van der Waals surface area (Å²) in [5, 5.41) is 30.1. The summed E-state index contributed by atoms with van der Waals surface area (Å²) in [5.41, 5.74) is -0.202. The molecule has 2 aromatic carbocycles. The highest BCUT2D eigenvalue weighted by atomic mass is 32.2. The zero-order valence-electron chi connectivity index (χ0n) is 29.7. The van der Waals surface area contributed by atoms with E-state index in [1.165, 1.54) is 57.6 Å². The Morgan fingerprint density at radius 1 is 0.714 bits per heavy atom. The predicted molar refractivity (Wildman–Crippen MR) is 198 cm³/mol.